The van der Waals surface area contributed by atoms with E-state index < -0.39 is 24.2 Å². The summed E-state index contributed by atoms with van der Waals surface area (Å²) in [4.78, 5) is 18.4. The molecule has 2 heterocycles. The van der Waals surface area contributed by atoms with Gasteiger partial charge in [-0.1, -0.05) is 12.1 Å². The molecular formula is C11H7F3N4O. The Bertz CT molecular complexity index is 656. The van der Waals surface area contributed by atoms with E-state index in [1.165, 1.54) is 0 Å². The molecular weight excluding hydrogens is 261 g/mol. The molecule has 0 bridgehead atoms. The van der Waals surface area contributed by atoms with E-state index in [0.717, 1.165) is 0 Å². The second-order valence-corrected chi connectivity index (χ2v) is 4.00. The first-order chi connectivity index (χ1) is 8.95. The summed E-state index contributed by atoms with van der Waals surface area (Å²) in [6.07, 6.45) is -5.36. The third-order valence-electron chi connectivity index (χ3n) is 2.68. The fraction of sp³-hybridized carbons (Fsp3) is 0.182. The van der Waals surface area contributed by atoms with Crippen LogP contribution in [0.5, 0.6) is 0 Å². The van der Waals surface area contributed by atoms with Crippen LogP contribution in [-0.4, -0.2) is 27.8 Å². The van der Waals surface area contributed by atoms with Crippen molar-refractivity contribution in [2.45, 2.75) is 12.6 Å². The fourth-order valence-corrected chi connectivity index (χ4v) is 1.79. The number of imidazole rings is 1. The van der Waals surface area contributed by atoms with Crippen molar-refractivity contribution in [2.75, 3.05) is 5.01 Å². The van der Waals surface area contributed by atoms with Crippen molar-refractivity contribution in [3.8, 4) is 0 Å². The van der Waals surface area contributed by atoms with E-state index in [9.17, 15) is 18.0 Å². The van der Waals surface area contributed by atoms with Gasteiger partial charge in [-0.25, -0.2) is 4.98 Å². The Kier molecular flexibility index (Phi) is 2.34. The molecule has 1 aromatic heterocycles. The number of hydrogen-bond donors (Lipinski definition) is 1. The third kappa shape index (κ3) is 1.94. The number of para-hydroxylation sites is 2. The maximum atomic E-state index is 12.5. The lowest BCUT2D eigenvalue weighted by molar-refractivity contribution is -0.117. The van der Waals surface area contributed by atoms with E-state index in [1.807, 2.05) is 0 Å². The number of hydrazone groups is 1. The standard InChI is InChI=1S/C11H7F3N4O/c12-11(13,14)8-5-9(19)18(17-8)10-15-6-3-1-2-4-7(6)16-10/h1-4H,5H2,(H,15,16). The first-order valence-corrected chi connectivity index (χ1v) is 5.37. The van der Waals surface area contributed by atoms with E-state index in [-0.39, 0.29) is 5.95 Å². The summed E-state index contributed by atoms with van der Waals surface area (Å²) in [6, 6.07) is 6.88. The molecule has 98 valence electrons. The summed E-state index contributed by atoms with van der Waals surface area (Å²) in [5.41, 5.74) is 0.0693. The van der Waals surface area contributed by atoms with Crippen molar-refractivity contribution < 1.29 is 18.0 Å². The van der Waals surface area contributed by atoms with Crippen LogP contribution in [0.4, 0.5) is 19.1 Å². The van der Waals surface area contributed by atoms with E-state index in [1.54, 1.807) is 24.3 Å². The zero-order chi connectivity index (χ0) is 13.6. The summed E-state index contributed by atoms with van der Waals surface area (Å²) in [7, 11) is 0. The average Bonchev–Trinajstić information content (AvgIpc) is 2.90. The molecule has 0 saturated carbocycles. The van der Waals surface area contributed by atoms with Crippen LogP contribution in [0.3, 0.4) is 0 Å². The molecule has 0 unspecified atom stereocenters. The monoisotopic (exact) mass is 268 g/mol. The SMILES string of the molecule is O=C1CC(C(F)(F)F)=NN1c1nc2ccccc2[nH]1. The van der Waals surface area contributed by atoms with Gasteiger partial charge in [-0.2, -0.15) is 23.3 Å². The molecule has 1 amide bonds. The topological polar surface area (TPSA) is 61.4 Å². The van der Waals surface area contributed by atoms with Gasteiger partial charge in [0.05, 0.1) is 17.5 Å². The van der Waals surface area contributed by atoms with Crippen molar-refractivity contribution in [3.63, 3.8) is 0 Å². The van der Waals surface area contributed by atoms with Crippen LogP contribution in [0, 0.1) is 0 Å². The smallest absolute Gasteiger partial charge is 0.322 e. The molecule has 1 aromatic carbocycles. The number of rotatable bonds is 1. The lowest BCUT2D eigenvalue weighted by Gasteiger charge is -2.06. The van der Waals surface area contributed by atoms with E-state index in [4.69, 9.17) is 0 Å². The molecule has 0 atom stereocenters. The Morgan fingerprint density at radius 2 is 2.00 bits per heavy atom. The molecule has 8 heteroatoms. The molecule has 5 nitrogen and oxygen atoms in total. The Balaban J connectivity index is 2.02. The number of fused-ring (bicyclic) bond motifs is 1. The van der Waals surface area contributed by atoms with Crippen molar-refractivity contribution in [2.24, 2.45) is 5.10 Å². The van der Waals surface area contributed by atoms with Crippen molar-refractivity contribution in [1.82, 2.24) is 9.97 Å². The van der Waals surface area contributed by atoms with Crippen molar-refractivity contribution >= 4 is 28.6 Å². The quantitative estimate of drug-likeness (QED) is 0.862. The summed E-state index contributed by atoms with van der Waals surface area (Å²) in [5.74, 6) is -0.767. The second-order valence-electron chi connectivity index (χ2n) is 4.00. The van der Waals surface area contributed by atoms with Gasteiger partial charge in [0.15, 0.2) is 5.71 Å². The number of halogens is 3. The molecule has 1 N–H and O–H groups in total. The largest absolute Gasteiger partial charge is 0.431 e. The van der Waals surface area contributed by atoms with Gasteiger partial charge in [0.2, 0.25) is 5.95 Å². The summed E-state index contributed by atoms with van der Waals surface area (Å²) in [6.45, 7) is 0. The first kappa shape index (κ1) is 11.7. The Morgan fingerprint density at radius 1 is 1.26 bits per heavy atom. The molecule has 1 aliphatic rings. The van der Waals surface area contributed by atoms with Crippen molar-refractivity contribution in [1.29, 1.82) is 0 Å². The Hall–Kier alpha value is -2.38. The van der Waals surface area contributed by atoms with Gasteiger partial charge in [-0.05, 0) is 12.1 Å². The van der Waals surface area contributed by atoms with Gasteiger partial charge in [0, 0.05) is 0 Å². The van der Waals surface area contributed by atoms with Gasteiger partial charge in [0.1, 0.15) is 0 Å². The number of carbonyl (C=O) groups is 1. The van der Waals surface area contributed by atoms with Gasteiger partial charge in [-0.15, -0.1) is 0 Å². The number of nitrogens with one attached hydrogen (secondary N) is 1. The number of aromatic nitrogens is 2. The van der Waals surface area contributed by atoms with Crippen molar-refractivity contribution in [3.05, 3.63) is 24.3 Å². The molecule has 0 fully saturated rings. The van der Waals surface area contributed by atoms with Gasteiger partial charge >= 0.3 is 6.18 Å². The number of anilines is 1. The predicted octanol–water partition coefficient (Wildman–Crippen LogP) is 2.22. The van der Waals surface area contributed by atoms with E-state index >= 15 is 0 Å². The van der Waals surface area contributed by atoms with Crippen LogP contribution >= 0.6 is 0 Å². The number of H-pyrrole nitrogens is 1. The highest BCUT2D eigenvalue weighted by Gasteiger charge is 2.43. The number of aromatic amines is 1. The van der Waals surface area contributed by atoms with Crippen LogP contribution in [0.2, 0.25) is 0 Å². The van der Waals surface area contributed by atoms with Gasteiger partial charge in [0.25, 0.3) is 5.91 Å². The van der Waals surface area contributed by atoms with Crippen LogP contribution in [0.25, 0.3) is 11.0 Å². The highest BCUT2D eigenvalue weighted by molar-refractivity contribution is 6.14. The molecule has 3 rings (SSSR count). The predicted molar refractivity (Wildman–Crippen MR) is 61.7 cm³/mol. The minimum absolute atomic E-state index is 0.00884. The molecule has 1 aliphatic heterocycles. The number of carbonyl (C=O) groups excluding carboxylic acids is 1. The lowest BCUT2D eigenvalue weighted by Crippen LogP contribution is -2.22. The molecule has 0 spiro atoms. The third-order valence-corrected chi connectivity index (χ3v) is 2.68. The van der Waals surface area contributed by atoms with Crippen LogP contribution < -0.4 is 5.01 Å². The normalized spacial score (nSPS) is 16.3. The second kappa shape index (κ2) is 3.81. The lowest BCUT2D eigenvalue weighted by atomic mass is 10.3. The number of hydrogen-bond acceptors (Lipinski definition) is 3. The minimum atomic E-state index is -4.60. The molecule has 0 radical (unpaired) electrons. The molecule has 2 aromatic rings. The number of nitrogens with zero attached hydrogens (tertiary/aromatic N) is 3. The number of amides is 1. The van der Waals surface area contributed by atoms with Crippen LogP contribution in [-0.2, 0) is 4.79 Å². The Morgan fingerprint density at radius 3 is 2.63 bits per heavy atom. The summed E-state index contributed by atoms with van der Waals surface area (Å²) in [5, 5.41) is 3.94. The summed E-state index contributed by atoms with van der Waals surface area (Å²) < 4.78 is 37.5. The maximum absolute atomic E-state index is 12.5. The molecule has 0 aliphatic carbocycles. The Labute approximate surface area is 104 Å². The maximum Gasteiger partial charge on any atom is 0.431 e. The van der Waals surface area contributed by atoms with Crippen LogP contribution in [0.15, 0.2) is 29.4 Å². The van der Waals surface area contributed by atoms with Gasteiger partial charge in [-0.3, -0.25) is 4.79 Å². The molecule has 0 saturated heterocycles. The molecule has 19 heavy (non-hydrogen) atoms. The highest BCUT2D eigenvalue weighted by atomic mass is 19.4. The fourth-order valence-electron chi connectivity index (χ4n) is 1.79. The van der Waals surface area contributed by atoms with E-state index in [2.05, 4.69) is 15.1 Å². The van der Waals surface area contributed by atoms with Gasteiger partial charge < -0.3 is 4.98 Å². The number of alkyl halides is 3. The highest BCUT2D eigenvalue weighted by Crippen LogP contribution is 2.27. The minimum Gasteiger partial charge on any atom is -0.322 e. The first-order valence-electron chi connectivity index (χ1n) is 5.37. The zero-order valence-electron chi connectivity index (χ0n) is 9.40. The zero-order valence-corrected chi connectivity index (χ0v) is 9.40. The van der Waals surface area contributed by atoms with Crippen LogP contribution in [0.1, 0.15) is 6.42 Å². The van der Waals surface area contributed by atoms with E-state index in [0.29, 0.717) is 16.0 Å². The summed E-state index contributed by atoms with van der Waals surface area (Å²) >= 11 is 0. The number of benzene rings is 1. The average molecular weight is 268 g/mol.